The molecular formula is C20H23NO5S. The standard InChI is InChI=1S/C20H23NO5S/c1-5-11(2)16(20(25)26-4)21-15(22)10-27-19-12(3)17(23)13-8-6-7-9-14(13)18(19)24/h6-9,11,16H,5,10H2,1-4H3,(H,21,22)/t11?,16-/m0/s1. The summed E-state index contributed by atoms with van der Waals surface area (Å²) in [5, 5.41) is 2.66. The minimum atomic E-state index is -0.743. The first-order chi connectivity index (χ1) is 12.8. The first-order valence-electron chi connectivity index (χ1n) is 8.71. The molecule has 0 bridgehead atoms. The van der Waals surface area contributed by atoms with E-state index in [1.165, 1.54) is 7.11 Å². The second kappa shape index (κ2) is 8.99. The molecule has 0 heterocycles. The Labute approximate surface area is 162 Å². The summed E-state index contributed by atoms with van der Waals surface area (Å²) in [6.45, 7) is 5.36. The third-order valence-corrected chi connectivity index (χ3v) is 5.82. The molecule has 0 saturated heterocycles. The average Bonchev–Trinajstić information content (AvgIpc) is 2.69. The molecule has 7 heteroatoms. The van der Waals surface area contributed by atoms with Gasteiger partial charge in [-0.05, 0) is 12.8 Å². The Morgan fingerprint density at radius 3 is 2.30 bits per heavy atom. The van der Waals surface area contributed by atoms with Gasteiger partial charge in [0, 0.05) is 16.7 Å². The van der Waals surface area contributed by atoms with E-state index in [0.29, 0.717) is 23.1 Å². The average molecular weight is 389 g/mol. The van der Waals surface area contributed by atoms with E-state index in [2.05, 4.69) is 5.32 Å². The lowest BCUT2D eigenvalue weighted by Crippen LogP contribution is -2.46. The highest BCUT2D eigenvalue weighted by Gasteiger charge is 2.31. The maximum absolute atomic E-state index is 12.7. The number of carbonyl (C=O) groups is 4. The fraction of sp³-hybridized carbons (Fsp3) is 0.400. The maximum Gasteiger partial charge on any atom is 0.328 e. The summed E-state index contributed by atoms with van der Waals surface area (Å²) in [6.07, 6.45) is 0.696. The zero-order valence-electron chi connectivity index (χ0n) is 15.8. The molecule has 0 saturated carbocycles. The van der Waals surface area contributed by atoms with Gasteiger partial charge in [0.2, 0.25) is 11.7 Å². The number of amides is 1. The molecule has 2 atom stereocenters. The topological polar surface area (TPSA) is 89.5 Å². The van der Waals surface area contributed by atoms with Crippen molar-refractivity contribution in [2.45, 2.75) is 33.2 Å². The van der Waals surface area contributed by atoms with Crippen molar-refractivity contribution in [2.75, 3.05) is 12.9 Å². The van der Waals surface area contributed by atoms with E-state index in [1.807, 2.05) is 13.8 Å². The minimum absolute atomic E-state index is 0.0716. The lowest BCUT2D eigenvalue weighted by molar-refractivity contribution is -0.146. The molecule has 1 amide bonds. The molecule has 0 radical (unpaired) electrons. The molecule has 1 unspecified atom stereocenters. The van der Waals surface area contributed by atoms with Gasteiger partial charge in [-0.15, -0.1) is 11.8 Å². The van der Waals surface area contributed by atoms with Gasteiger partial charge in [-0.1, -0.05) is 44.5 Å². The van der Waals surface area contributed by atoms with Crippen molar-refractivity contribution < 1.29 is 23.9 Å². The maximum atomic E-state index is 12.7. The molecular weight excluding hydrogens is 366 g/mol. The second-order valence-corrected chi connectivity index (χ2v) is 7.39. The highest BCUT2D eigenvalue weighted by atomic mass is 32.2. The molecule has 6 nitrogen and oxygen atoms in total. The van der Waals surface area contributed by atoms with Crippen molar-refractivity contribution in [3.05, 3.63) is 45.9 Å². The molecule has 27 heavy (non-hydrogen) atoms. The number of thioether (sulfide) groups is 1. The summed E-state index contributed by atoms with van der Waals surface area (Å²) in [4.78, 5) is 49.6. The van der Waals surface area contributed by atoms with Gasteiger partial charge in [-0.25, -0.2) is 4.79 Å². The number of carbonyl (C=O) groups excluding carboxylic acids is 4. The highest BCUT2D eigenvalue weighted by molar-refractivity contribution is 8.04. The number of esters is 1. The molecule has 2 rings (SSSR count). The summed E-state index contributed by atoms with van der Waals surface area (Å²) in [5.41, 5.74) is 1.07. The van der Waals surface area contributed by atoms with E-state index in [4.69, 9.17) is 4.74 Å². The van der Waals surface area contributed by atoms with E-state index in [0.717, 1.165) is 11.8 Å². The van der Waals surface area contributed by atoms with Crippen LogP contribution >= 0.6 is 11.8 Å². The number of ketones is 2. The predicted molar refractivity (Wildman–Crippen MR) is 104 cm³/mol. The van der Waals surface area contributed by atoms with Crippen LogP contribution in [-0.2, 0) is 14.3 Å². The van der Waals surface area contributed by atoms with Crippen LogP contribution in [0.1, 0.15) is 47.9 Å². The lowest BCUT2D eigenvalue weighted by atomic mass is 9.90. The summed E-state index contributed by atoms with van der Waals surface area (Å²) in [7, 11) is 1.27. The predicted octanol–water partition coefficient (Wildman–Crippen LogP) is 2.78. The van der Waals surface area contributed by atoms with Gasteiger partial charge in [0.05, 0.1) is 17.8 Å². The fourth-order valence-electron chi connectivity index (χ4n) is 2.80. The Hall–Kier alpha value is -2.41. The van der Waals surface area contributed by atoms with Crippen LogP contribution in [-0.4, -0.2) is 42.3 Å². The Balaban J connectivity index is 2.10. The van der Waals surface area contributed by atoms with Gasteiger partial charge in [0.1, 0.15) is 6.04 Å². The Kier molecular flexibility index (Phi) is 6.96. The van der Waals surface area contributed by atoms with Crippen LogP contribution in [0.15, 0.2) is 34.7 Å². The Morgan fingerprint density at radius 1 is 1.15 bits per heavy atom. The van der Waals surface area contributed by atoms with Crippen LogP contribution in [0.25, 0.3) is 0 Å². The number of ether oxygens (including phenoxy) is 1. The van der Waals surface area contributed by atoms with E-state index in [-0.39, 0.29) is 28.1 Å². The quantitative estimate of drug-likeness (QED) is 0.721. The number of Topliss-reactive ketones (excluding diaryl/α,β-unsaturated/α-hetero) is 2. The SMILES string of the molecule is CCC(C)[C@H](NC(=O)CSC1=C(C)C(=O)c2ccccc2C1=O)C(=O)OC. The molecule has 1 aromatic carbocycles. The number of hydrogen-bond donors (Lipinski definition) is 1. The largest absolute Gasteiger partial charge is 0.467 e. The van der Waals surface area contributed by atoms with Gasteiger partial charge in [-0.3, -0.25) is 14.4 Å². The first-order valence-corrected chi connectivity index (χ1v) is 9.69. The minimum Gasteiger partial charge on any atom is -0.467 e. The summed E-state index contributed by atoms with van der Waals surface area (Å²) in [5.74, 6) is -1.52. The zero-order valence-corrected chi connectivity index (χ0v) is 16.6. The van der Waals surface area contributed by atoms with Crippen LogP contribution in [0.4, 0.5) is 0 Å². The van der Waals surface area contributed by atoms with E-state index < -0.39 is 17.9 Å². The van der Waals surface area contributed by atoms with Gasteiger partial charge < -0.3 is 10.1 Å². The molecule has 1 aromatic rings. The molecule has 0 aromatic heterocycles. The van der Waals surface area contributed by atoms with Crippen molar-refractivity contribution in [2.24, 2.45) is 5.92 Å². The monoisotopic (exact) mass is 389 g/mol. The van der Waals surface area contributed by atoms with Gasteiger partial charge in [0.15, 0.2) is 5.78 Å². The van der Waals surface area contributed by atoms with Crippen LogP contribution in [0.2, 0.25) is 0 Å². The van der Waals surface area contributed by atoms with Crippen molar-refractivity contribution in [1.82, 2.24) is 5.32 Å². The van der Waals surface area contributed by atoms with E-state index in [1.54, 1.807) is 31.2 Å². The molecule has 144 valence electrons. The van der Waals surface area contributed by atoms with Crippen molar-refractivity contribution in [3.63, 3.8) is 0 Å². The number of benzene rings is 1. The van der Waals surface area contributed by atoms with Crippen molar-refractivity contribution >= 4 is 35.2 Å². The Morgan fingerprint density at radius 2 is 1.74 bits per heavy atom. The second-order valence-electron chi connectivity index (χ2n) is 6.40. The third kappa shape index (κ3) is 4.47. The smallest absolute Gasteiger partial charge is 0.328 e. The van der Waals surface area contributed by atoms with E-state index in [9.17, 15) is 19.2 Å². The molecule has 1 N–H and O–H groups in total. The van der Waals surface area contributed by atoms with Gasteiger partial charge in [0.25, 0.3) is 0 Å². The lowest BCUT2D eigenvalue weighted by Gasteiger charge is -2.22. The molecule has 1 aliphatic carbocycles. The third-order valence-electron chi connectivity index (χ3n) is 4.64. The fourth-order valence-corrected chi connectivity index (χ4v) is 3.71. The molecule has 0 fully saturated rings. The van der Waals surface area contributed by atoms with Crippen molar-refractivity contribution in [3.8, 4) is 0 Å². The van der Waals surface area contributed by atoms with E-state index >= 15 is 0 Å². The molecule has 1 aliphatic rings. The number of allylic oxidation sites excluding steroid dienone is 2. The summed E-state index contributed by atoms with van der Waals surface area (Å²) < 4.78 is 4.75. The molecule has 0 spiro atoms. The number of fused-ring (bicyclic) bond motifs is 1. The molecule has 0 aliphatic heterocycles. The van der Waals surface area contributed by atoms with Crippen LogP contribution in [0.3, 0.4) is 0 Å². The van der Waals surface area contributed by atoms with Crippen LogP contribution < -0.4 is 5.32 Å². The highest BCUT2D eigenvalue weighted by Crippen LogP contribution is 2.32. The van der Waals surface area contributed by atoms with Gasteiger partial charge in [-0.2, -0.15) is 0 Å². The summed E-state index contributed by atoms with van der Waals surface area (Å²) in [6, 6.07) is 5.91. The number of hydrogen-bond acceptors (Lipinski definition) is 6. The van der Waals surface area contributed by atoms with Crippen LogP contribution in [0, 0.1) is 5.92 Å². The normalized spacial score (nSPS) is 15.9. The first kappa shape index (κ1) is 20.9. The zero-order chi connectivity index (χ0) is 20.1. The van der Waals surface area contributed by atoms with Gasteiger partial charge >= 0.3 is 5.97 Å². The number of methoxy groups -OCH3 is 1. The van der Waals surface area contributed by atoms with Crippen LogP contribution in [0.5, 0.6) is 0 Å². The number of rotatable bonds is 7. The van der Waals surface area contributed by atoms with Crippen molar-refractivity contribution in [1.29, 1.82) is 0 Å². The summed E-state index contributed by atoms with van der Waals surface area (Å²) >= 11 is 1.01. The Bertz CT molecular complexity index is 814. The number of nitrogens with one attached hydrogen (secondary N) is 1.